The summed E-state index contributed by atoms with van der Waals surface area (Å²) in [7, 11) is 0. The monoisotopic (exact) mass is 924 g/mol. The Hall–Kier alpha value is -1.41. The summed E-state index contributed by atoms with van der Waals surface area (Å²) in [4.78, 5) is 41.9. The fraction of sp³-hybridized carbons (Fsp3) is 0.898. The number of carbonyl (C=O) groups excluding carboxylic acids is 3. The Morgan fingerprint density at radius 3 is 2.00 bits per heavy atom. The van der Waals surface area contributed by atoms with Gasteiger partial charge in [-0.1, -0.05) is 166 Å². The highest BCUT2D eigenvalue weighted by molar-refractivity contribution is 9.09. The zero-order valence-electron chi connectivity index (χ0n) is 38.8. The van der Waals surface area contributed by atoms with Crippen LogP contribution in [0.4, 0.5) is 0 Å². The van der Waals surface area contributed by atoms with E-state index in [0.717, 1.165) is 24.8 Å². The van der Waals surface area contributed by atoms with Crippen LogP contribution in [-0.2, 0) is 38.1 Å². The number of ether oxygens (including phenoxy) is 5. The van der Waals surface area contributed by atoms with Gasteiger partial charge in [0.2, 0.25) is 6.10 Å². The standard InChI is InChI=1S/C49H81BrO11/c1-9-10-11-12-13-14-15-16-17-18-19-20-21-22-23-24-25-57-39(29-50)61-43-36(51)26-33(6)35-27-37-47-30-58-49(56,45(47)46(35,43)8)42(53)34(7)40(47)41(44(54)59-37)60-38(52)28-48(55,31(2)3)32(4)5/h26,31-32,34-35,37,39-43,45,53,55-56H,9-25,27-30H2,1-8H3/t34-,35+,37-,39?,40?,41?,42-,43-,45?,46-,47+,49?/m1/s1. The molecule has 5 unspecified atom stereocenters. The molecule has 0 radical (unpaired) electrons. The second-order valence-corrected chi connectivity index (χ2v) is 21.1. The molecule has 11 nitrogen and oxygen atoms in total. The normalized spacial score (nSPS) is 34.9. The Balaban J connectivity index is 1.23. The lowest BCUT2D eigenvalue weighted by atomic mass is 9.38. The van der Waals surface area contributed by atoms with Crippen molar-refractivity contribution >= 4 is 33.7 Å². The molecular formula is C49H81BrO11. The van der Waals surface area contributed by atoms with Gasteiger partial charge in [0.25, 0.3) is 0 Å². The van der Waals surface area contributed by atoms with E-state index in [2.05, 4.69) is 22.9 Å². The highest BCUT2D eigenvalue weighted by Gasteiger charge is 2.84. The van der Waals surface area contributed by atoms with Crippen molar-refractivity contribution in [3.8, 4) is 0 Å². The summed E-state index contributed by atoms with van der Waals surface area (Å²) in [6.07, 6.45) is 16.5. The van der Waals surface area contributed by atoms with Gasteiger partial charge in [-0.05, 0) is 49.5 Å². The van der Waals surface area contributed by atoms with Crippen molar-refractivity contribution in [3.63, 3.8) is 0 Å². The maximum Gasteiger partial charge on any atom is 0.348 e. The molecule has 61 heavy (non-hydrogen) atoms. The van der Waals surface area contributed by atoms with Crippen molar-refractivity contribution in [3.05, 3.63) is 11.6 Å². The van der Waals surface area contributed by atoms with Gasteiger partial charge in [-0.3, -0.25) is 9.59 Å². The first-order chi connectivity index (χ1) is 28.9. The fourth-order valence-corrected chi connectivity index (χ4v) is 12.9. The third-order valence-electron chi connectivity index (χ3n) is 16.0. The molecule has 2 bridgehead atoms. The zero-order valence-corrected chi connectivity index (χ0v) is 40.3. The molecule has 0 aromatic rings. The van der Waals surface area contributed by atoms with Gasteiger partial charge in [0.05, 0.1) is 24.0 Å². The SMILES string of the molecule is CCCCCCCCCCCCCCCCCCOC(CBr)O[C@@H]1C(=O)C=C(C)[C@@H]2C[C@H]3OC(=O)C(OC(=O)CC(O)(C(C)C)C(C)C)C4[C@@H](C)[C@@H](O)C5(O)OC[C@@]43C5[C@@]12C. The molecule has 2 saturated carbocycles. The lowest BCUT2D eigenvalue weighted by Gasteiger charge is -2.68. The quantitative estimate of drug-likeness (QED) is 0.0329. The molecule has 3 N–H and O–H groups in total. The summed E-state index contributed by atoms with van der Waals surface area (Å²) in [6, 6.07) is 0. The van der Waals surface area contributed by atoms with Gasteiger partial charge in [0, 0.05) is 29.3 Å². The molecular weight excluding hydrogens is 844 g/mol. The molecule has 12 heteroatoms. The van der Waals surface area contributed by atoms with Crippen LogP contribution in [0.5, 0.6) is 0 Å². The lowest BCUT2D eigenvalue weighted by Crippen LogP contribution is -2.78. The Labute approximate surface area is 375 Å². The molecule has 350 valence electrons. The van der Waals surface area contributed by atoms with Crippen LogP contribution in [0.3, 0.4) is 0 Å². The first kappa shape index (κ1) is 50.6. The minimum absolute atomic E-state index is 0.0855. The van der Waals surface area contributed by atoms with E-state index in [1.165, 1.54) is 83.5 Å². The van der Waals surface area contributed by atoms with Crippen LogP contribution in [0.25, 0.3) is 0 Å². The van der Waals surface area contributed by atoms with Crippen LogP contribution in [0.1, 0.15) is 171 Å². The summed E-state index contributed by atoms with van der Waals surface area (Å²) in [5.41, 5.74) is -2.90. The summed E-state index contributed by atoms with van der Waals surface area (Å²) in [6.45, 7) is 15.5. The molecule has 5 rings (SSSR count). The number of rotatable bonds is 26. The molecule has 5 aliphatic rings. The first-order valence-corrected chi connectivity index (χ1v) is 25.3. The van der Waals surface area contributed by atoms with E-state index in [4.69, 9.17) is 23.7 Å². The number of hydrogen-bond donors (Lipinski definition) is 3. The molecule has 2 saturated heterocycles. The number of carbonyl (C=O) groups is 3. The number of esters is 2. The van der Waals surface area contributed by atoms with E-state index in [1.807, 2.05) is 41.5 Å². The maximum absolute atomic E-state index is 14.2. The summed E-state index contributed by atoms with van der Waals surface area (Å²) < 4.78 is 31.5. The molecule has 12 atom stereocenters. The Bertz CT molecular complexity index is 1490. The zero-order chi connectivity index (χ0) is 44.8. The van der Waals surface area contributed by atoms with Crippen LogP contribution in [0.15, 0.2) is 11.6 Å². The highest BCUT2D eigenvalue weighted by atomic mass is 79.9. The minimum atomic E-state index is -2.12. The van der Waals surface area contributed by atoms with Gasteiger partial charge >= 0.3 is 11.9 Å². The van der Waals surface area contributed by atoms with E-state index >= 15 is 0 Å². The van der Waals surface area contributed by atoms with E-state index in [-0.39, 0.29) is 36.6 Å². The summed E-state index contributed by atoms with van der Waals surface area (Å²) in [5, 5.41) is 36.4. The van der Waals surface area contributed by atoms with Crippen LogP contribution in [0.2, 0.25) is 0 Å². The van der Waals surface area contributed by atoms with Gasteiger partial charge in [0.1, 0.15) is 18.3 Å². The number of alkyl halides is 1. The number of aliphatic hydroxyl groups is 3. The largest absolute Gasteiger partial charge is 0.459 e. The fourth-order valence-electron chi connectivity index (χ4n) is 12.6. The number of ketones is 1. The highest BCUT2D eigenvalue weighted by Crippen LogP contribution is 2.74. The van der Waals surface area contributed by atoms with E-state index < -0.39 is 82.6 Å². The predicted octanol–water partition coefficient (Wildman–Crippen LogP) is 9.14. The van der Waals surface area contributed by atoms with E-state index in [1.54, 1.807) is 13.0 Å². The number of fused-ring (bicyclic) bond motifs is 1. The molecule has 3 aliphatic carbocycles. The smallest absolute Gasteiger partial charge is 0.348 e. The number of unbranched alkanes of at least 4 members (excludes halogenated alkanes) is 15. The third kappa shape index (κ3) is 10.2. The number of hydrogen-bond acceptors (Lipinski definition) is 11. The number of aliphatic hydroxyl groups excluding tert-OH is 1. The summed E-state index contributed by atoms with van der Waals surface area (Å²) in [5.74, 6) is -7.35. The van der Waals surface area contributed by atoms with Crippen LogP contribution in [0, 0.1) is 46.3 Å². The van der Waals surface area contributed by atoms with Crippen LogP contribution >= 0.6 is 15.9 Å². The van der Waals surface area contributed by atoms with Gasteiger partial charge in [-0.15, -0.1) is 0 Å². The Kier molecular flexibility index (Phi) is 18.0. The van der Waals surface area contributed by atoms with Crippen molar-refractivity contribution in [2.24, 2.45) is 46.3 Å². The molecule has 0 aromatic carbocycles. The van der Waals surface area contributed by atoms with Gasteiger partial charge in [-0.2, -0.15) is 0 Å². The van der Waals surface area contributed by atoms with Crippen molar-refractivity contribution in [2.45, 2.75) is 213 Å². The molecule has 0 amide bonds. The molecule has 1 spiro atoms. The summed E-state index contributed by atoms with van der Waals surface area (Å²) >= 11 is 3.56. The average Bonchev–Trinajstić information content (AvgIpc) is 3.50. The second-order valence-electron chi connectivity index (χ2n) is 20.4. The molecule has 2 heterocycles. The van der Waals surface area contributed by atoms with E-state index in [9.17, 15) is 29.7 Å². The number of halogens is 1. The van der Waals surface area contributed by atoms with Gasteiger partial charge in [-0.25, -0.2) is 4.79 Å². The molecule has 0 aromatic heterocycles. The Morgan fingerprint density at radius 1 is 0.934 bits per heavy atom. The van der Waals surface area contributed by atoms with Crippen molar-refractivity contribution in [1.29, 1.82) is 0 Å². The van der Waals surface area contributed by atoms with Crippen molar-refractivity contribution < 1.29 is 53.4 Å². The average molecular weight is 926 g/mol. The topological polar surface area (TPSA) is 158 Å². The van der Waals surface area contributed by atoms with E-state index in [0.29, 0.717) is 18.4 Å². The second kappa shape index (κ2) is 21.7. The molecule has 4 fully saturated rings. The minimum Gasteiger partial charge on any atom is -0.459 e. The van der Waals surface area contributed by atoms with Crippen LogP contribution < -0.4 is 0 Å². The van der Waals surface area contributed by atoms with Gasteiger partial charge < -0.3 is 39.0 Å². The lowest BCUT2D eigenvalue weighted by molar-refractivity contribution is -0.345. The predicted molar refractivity (Wildman–Crippen MR) is 237 cm³/mol. The number of allylic oxidation sites excluding steroid dienone is 1. The molecule has 2 aliphatic heterocycles. The van der Waals surface area contributed by atoms with Crippen molar-refractivity contribution in [1.82, 2.24) is 0 Å². The first-order valence-electron chi connectivity index (χ1n) is 24.2. The third-order valence-corrected chi connectivity index (χ3v) is 16.5. The van der Waals surface area contributed by atoms with Gasteiger partial charge in [0.15, 0.2) is 17.9 Å². The van der Waals surface area contributed by atoms with Crippen molar-refractivity contribution in [2.75, 3.05) is 18.5 Å². The van der Waals surface area contributed by atoms with Crippen LogP contribution in [-0.4, -0.2) is 93.7 Å². The Morgan fingerprint density at radius 2 is 1.48 bits per heavy atom. The maximum atomic E-state index is 14.2.